The van der Waals surface area contributed by atoms with Crippen molar-refractivity contribution in [1.82, 2.24) is 24.1 Å². The van der Waals surface area contributed by atoms with Gasteiger partial charge in [0.15, 0.2) is 5.69 Å². The molecule has 0 bridgehead atoms. The maximum absolute atomic E-state index is 13.5. The van der Waals surface area contributed by atoms with E-state index in [1.165, 1.54) is 32.1 Å². The quantitative estimate of drug-likeness (QED) is 0.611. The minimum absolute atomic E-state index is 0.0548. The second-order valence-electron chi connectivity index (χ2n) is 8.73. The Morgan fingerprint density at radius 1 is 1.06 bits per heavy atom. The van der Waals surface area contributed by atoms with E-state index in [1.807, 2.05) is 45.8 Å². The number of nitrogens with zero attached hydrogens (tertiary/aromatic N) is 5. The Kier molecular flexibility index (Phi) is 7.20. The van der Waals surface area contributed by atoms with E-state index in [0.29, 0.717) is 18.3 Å². The zero-order valence-electron chi connectivity index (χ0n) is 18.6. The normalized spacial score (nSPS) is 18.5. The number of piperazine rings is 1. The molecule has 166 valence electrons. The van der Waals surface area contributed by atoms with Crippen molar-refractivity contribution < 1.29 is 4.79 Å². The van der Waals surface area contributed by atoms with Crippen LogP contribution >= 0.6 is 0 Å². The van der Waals surface area contributed by atoms with Crippen LogP contribution in [0.15, 0.2) is 49.7 Å². The highest BCUT2D eigenvalue weighted by Gasteiger charge is 2.30. The molecule has 1 aliphatic heterocycles. The van der Waals surface area contributed by atoms with Crippen molar-refractivity contribution in [3.8, 4) is 0 Å². The Morgan fingerprint density at radius 2 is 1.77 bits per heavy atom. The van der Waals surface area contributed by atoms with Gasteiger partial charge in [0.25, 0.3) is 5.91 Å². The molecule has 0 radical (unpaired) electrons. The predicted molar refractivity (Wildman–Crippen MR) is 125 cm³/mol. The molecule has 0 aromatic carbocycles. The van der Waals surface area contributed by atoms with E-state index in [1.54, 1.807) is 0 Å². The van der Waals surface area contributed by atoms with Crippen LogP contribution in [0.5, 0.6) is 0 Å². The number of amides is 1. The Hall–Kier alpha value is -2.44. The van der Waals surface area contributed by atoms with E-state index in [0.717, 1.165) is 50.6 Å². The average Bonchev–Trinajstić information content (AvgIpc) is 3.18. The molecule has 0 N–H and O–H groups in total. The molecule has 3 heterocycles. The first-order valence-corrected chi connectivity index (χ1v) is 11.6. The number of pyridine rings is 1. The van der Waals surface area contributed by atoms with Crippen molar-refractivity contribution in [1.29, 1.82) is 0 Å². The largest absolute Gasteiger partial charge is 0.335 e. The minimum Gasteiger partial charge on any atom is -0.335 e. The minimum atomic E-state index is 0.0548. The number of carbonyl (C=O) groups excluding carboxylic acids is 1. The first-order chi connectivity index (χ1) is 15.2. The second kappa shape index (κ2) is 10.2. The molecular formula is C25H35N5O. The van der Waals surface area contributed by atoms with Gasteiger partial charge in [0.2, 0.25) is 0 Å². The molecular weight excluding hydrogens is 386 g/mol. The van der Waals surface area contributed by atoms with Crippen molar-refractivity contribution in [3.63, 3.8) is 0 Å². The fourth-order valence-corrected chi connectivity index (χ4v) is 5.04. The third-order valence-electron chi connectivity index (χ3n) is 6.67. The maximum atomic E-state index is 13.5. The standard InChI is InChI=1S/C25H35N5O/c1-3-13-27(14-4-2)20-22-24(26-23-12-8-9-15-30(22)23)25(31)29-18-16-28(17-19-29)21-10-6-5-7-11-21/h3-4,8-9,12,15,21H,1-2,5-7,10-11,13-14,16-20H2. The van der Waals surface area contributed by atoms with Gasteiger partial charge >= 0.3 is 0 Å². The summed E-state index contributed by atoms with van der Waals surface area (Å²) in [5, 5.41) is 0. The van der Waals surface area contributed by atoms with Crippen molar-refractivity contribution >= 4 is 11.6 Å². The van der Waals surface area contributed by atoms with Gasteiger partial charge in [0.1, 0.15) is 5.65 Å². The van der Waals surface area contributed by atoms with Gasteiger partial charge in [-0.15, -0.1) is 13.2 Å². The number of hydrogen-bond donors (Lipinski definition) is 0. The predicted octanol–water partition coefficient (Wildman–Crippen LogP) is 3.60. The van der Waals surface area contributed by atoms with Gasteiger partial charge in [-0.25, -0.2) is 4.98 Å². The number of fused-ring (bicyclic) bond motifs is 1. The van der Waals surface area contributed by atoms with Crippen molar-refractivity contribution in [2.75, 3.05) is 39.3 Å². The summed E-state index contributed by atoms with van der Waals surface area (Å²) >= 11 is 0. The molecule has 2 aromatic rings. The van der Waals surface area contributed by atoms with E-state index >= 15 is 0 Å². The average molecular weight is 422 g/mol. The van der Waals surface area contributed by atoms with Crippen LogP contribution in [-0.4, -0.2) is 75.3 Å². The highest BCUT2D eigenvalue weighted by molar-refractivity contribution is 5.94. The smallest absolute Gasteiger partial charge is 0.274 e. The number of hydrogen-bond acceptors (Lipinski definition) is 4. The third-order valence-corrected chi connectivity index (χ3v) is 6.67. The van der Waals surface area contributed by atoms with Crippen LogP contribution in [0.2, 0.25) is 0 Å². The maximum Gasteiger partial charge on any atom is 0.274 e. The van der Waals surface area contributed by atoms with Crippen LogP contribution in [0.1, 0.15) is 48.3 Å². The summed E-state index contributed by atoms with van der Waals surface area (Å²) in [5.41, 5.74) is 2.34. The summed E-state index contributed by atoms with van der Waals surface area (Å²) < 4.78 is 2.05. The van der Waals surface area contributed by atoms with Crippen molar-refractivity contribution in [2.45, 2.75) is 44.7 Å². The number of rotatable bonds is 8. The lowest BCUT2D eigenvalue weighted by molar-refractivity contribution is 0.0517. The lowest BCUT2D eigenvalue weighted by atomic mass is 9.94. The Labute approximate surface area is 185 Å². The van der Waals surface area contributed by atoms with E-state index in [9.17, 15) is 4.79 Å². The summed E-state index contributed by atoms with van der Waals surface area (Å²) in [6.45, 7) is 13.4. The molecule has 1 saturated heterocycles. The molecule has 1 saturated carbocycles. The number of aromatic nitrogens is 2. The van der Waals surface area contributed by atoms with E-state index in [-0.39, 0.29) is 5.91 Å². The summed E-state index contributed by atoms with van der Waals surface area (Å²) in [7, 11) is 0. The number of imidazole rings is 1. The van der Waals surface area contributed by atoms with Crippen LogP contribution in [0.4, 0.5) is 0 Å². The van der Waals surface area contributed by atoms with E-state index < -0.39 is 0 Å². The molecule has 1 amide bonds. The molecule has 0 spiro atoms. The zero-order chi connectivity index (χ0) is 21.6. The molecule has 2 aliphatic rings. The Bertz CT molecular complexity index is 896. The first-order valence-electron chi connectivity index (χ1n) is 11.6. The number of carbonyl (C=O) groups is 1. The SMILES string of the molecule is C=CCN(CC=C)Cc1c(C(=O)N2CCN(C3CCCCC3)CC2)nc2ccccn12. The monoisotopic (exact) mass is 421 g/mol. The van der Waals surface area contributed by atoms with Gasteiger partial charge in [-0.2, -0.15) is 0 Å². The molecule has 31 heavy (non-hydrogen) atoms. The fourth-order valence-electron chi connectivity index (χ4n) is 5.04. The summed E-state index contributed by atoms with van der Waals surface area (Å²) in [6, 6.07) is 6.63. The van der Waals surface area contributed by atoms with Crippen LogP contribution in [0.25, 0.3) is 5.65 Å². The van der Waals surface area contributed by atoms with Crippen molar-refractivity contribution in [3.05, 3.63) is 61.1 Å². The lowest BCUT2D eigenvalue weighted by Gasteiger charge is -2.40. The molecule has 2 fully saturated rings. The Morgan fingerprint density at radius 3 is 2.45 bits per heavy atom. The van der Waals surface area contributed by atoms with Crippen LogP contribution in [0.3, 0.4) is 0 Å². The van der Waals surface area contributed by atoms with E-state index in [4.69, 9.17) is 4.98 Å². The van der Waals surface area contributed by atoms with Crippen LogP contribution in [0, 0.1) is 0 Å². The Balaban J connectivity index is 1.52. The first kappa shape index (κ1) is 21.8. The van der Waals surface area contributed by atoms with Gasteiger partial charge in [-0.1, -0.05) is 37.5 Å². The molecule has 6 heteroatoms. The van der Waals surface area contributed by atoms with Gasteiger partial charge in [-0.3, -0.25) is 14.6 Å². The molecule has 6 nitrogen and oxygen atoms in total. The van der Waals surface area contributed by atoms with Crippen LogP contribution < -0.4 is 0 Å². The molecule has 0 unspecified atom stereocenters. The van der Waals surface area contributed by atoms with Gasteiger partial charge in [0, 0.05) is 58.1 Å². The molecule has 1 aliphatic carbocycles. The third kappa shape index (κ3) is 4.91. The van der Waals surface area contributed by atoms with Gasteiger partial charge in [0.05, 0.1) is 5.69 Å². The zero-order valence-corrected chi connectivity index (χ0v) is 18.6. The topological polar surface area (TPSA) is 44.1 Å². The van der Waals surface area contributed by atoms with Crippen LogP contribution in [-0.2, 0) is 6.54 Å². The van der Waals surface area contributed by atoms with Gasteiger partial charge in [-0.05, 0) is 25.0 Å². The highest BCUT2D eigenvalue weighted by Crippen LogP contribution is 2.24. The molecule has 4 rings (SSSR count). The fraction of sp³-hybridized carbons (Fsp3) is 0.520. The van der Waals surface area contributed by atoms with Gasteiger partial charge < -0.3 is 9.30 Å². The molecule has 0 atom stereocenters. The molecule has 2 aromatic heterocycles. The second-order valence-corrected chi connectivity index (χ2v) is 8.73. The van der Waals surface area contributed by atoms with E-state index in [2.05, 4.69) is 23.0 Å². The summed E-state index contributed by atoms with van der Waals surface area (Å²) in [5.74, 6) is 0.0548. The highest BCUT2D eigenvalue weighted by atomic mass is 16.2. The van der Waals surface area contributed by atoms with Crippen molar-refractivity contribution in [2.24, 2.45) is 0 Å². The summed E-state index contributed by atoms with van der Waals surface area (Å²) in [4.78, 5) is 25.1. The summed E-state index contributed by atoms with van der Waals surface area (Å²) in [6.07, 6.45) is 12.5. The lowest BCUT2D eigenvalue weighted by Crippen LogP contribution is -2.52.